The van der Waals surface area contributed by atoms with Crippen LogP contribution in [-0.4, -0.2) is 22.9 Å². The van der Waals surface area contributed by atoms with E-state index in [2.05, 4.69) is 6.58 Å². The fourth-order valence-electron chi connectivity index (χ4n) is 0.0745. The van der Waals surface area contributed by atoms with Crippen molar-refractivity contribution in [1.29, 1.82) is 0 Å². The number of hydrogen-bond donors (Lipinski definition) is 2. The van der Waals surface area contributed by atoms with Gasteiger partial charge in [0.25, 0.3) is 0 Å². The molecule has 0 aliphatic rings. The Morgan fingerprint density at radius 3 is 2.33 bits per heavy atom. The molecule has 0 radical (unpaired) electrons. The van der Waals surface area contributed by atoms with Crippen molar-refractivity contribution in [1.82, 2.24) is 0 Å². The molecule has 36 valence electrons. The summed E-state index contributed by atoms with van der Waals surface area (Å²) in [6.45, 7) is 2.99. The molecular weight excluding hydrogens is 80.0 g/mol. The molecule has 2 N–H and O–H groups in total. The Kier molecular flexibility index (Phi) is 2.71. The third-order valence-electron chi connectivity index (χ3n) is 0.459. The van der Waals surface area contributed by atoms with E-state index in [0.717, 1.165) is 0 Å². The number of rotatable bonds is 2. The summed E-state index contributed by atoms with van der Waals surface area (Å²) in [5, 5.41) is 16.3. The second-order valence-electron chi connectivity index (χ2n) is 0.986. The Morgan fingerprint density at radius 1 is 1.83 bits per heavy atom. The molecular formula is C4H8O2. The molecule has 0 aromatic carbocycles. The molecule has 2 nitrogen and oxygen atoms in total. The van der Waals surface area contributed by atoms with E-state index in [4.69, 9.17) is 10.2 Å². The first-order valence-electron chi connectivity index (χ1n) is 1.72. The van der Waals surface area contributed by atoms with E-state index in [1.165, 1.54) is 6.08 Å². The smallest absolute Gasteiger partial charge is 0.0949 e. The second kappa shape index (κ2) is 2.87. The number of aliphatic hydroxyl groups is 2. The van der Waals surface area contributed by atoms with E-state index in [1.54, 1.807) is 0 Å². The maximum absolute atomic E-state index is 8.30. The minimum atomic E-state index is -0.745. The normalized spacial score (nSPS) is 13.7. The summed E-state index contributed by atoms with van der Waals surface area (Å²) in [6.07, 6.45) is 0.532. The van der Waals surface area contributed by atoms with Gasteiger partial charge in [-0.25, -0.2) is 0 Å². The first kappa shape index (κ1) is 5.66. The van der Waals surface area contributed by atoms with Gasteiger partial charge in [-0.1, -0.05) is 6.08 Å². The van der Waals surface area contributed by atoms with Crippen molar-refractivity contribution in [3.8, 4) is 0 Å². The molecule has 0 saturated heterocycles. The third-order valence-corrected chi connectivity index (χ3v) is 0.459. The Morgan fingerprint density at radius 2 is 2.33 bits per heavy atom. The van der Waals surface area contributed by atoms with Crippen LogP contribution in [0.1, 0.15) is 0 Å². The lowest BCUT2D eigenvalue weighted by Gasteiger charge is -1.93. The van der Waals surface area contributed by atoms with Crippen LogP contribution in [0.15, 0.2) is 12.7 Å². The summed E-state index contributed by atoms with van der Waals surface area (Å²) in [5.41, 5.74) is 0. The highest BCUT2D eigenvalue weighted by Crippen LogP contribution is 1.75. The maximum Gasteiger partial charge on any atom is 0.0949 e. The van der Waals surface area contributed by atoms with E-state index < -0.39 is 6.10 Å². The zero-order valence-corrected chi connectivity index (χ0v) is 3.46. The molecule has 0 amide bonds. The van der Waals surface area contributed by atoms with E-state index >= 15 is 0 Å². The van der Waals surface area contributed by atoms with Crippen molar-refractivity contribution in [3.05, 3.63) is 12.7 Å². The zero-order chi connectivity index (χ0) is 4.99. The quantitative estimate of drug-likeness (QED) is 0.448. The average molecular weight is 88.1 g/mol. The van der Waals surface area contributed by atoms with Crippen LogP contribution < -0.4 is 0 Å². The first-order chi connectivity index (χ1) is 2.81. The number of aliphatic hydroxyl groups excluding tert-OH is 2. The van der Waals surface area contributed by atoms with Crippen LogP contribution in [0, 0.1) is 0 Å². The fourth-order valence-corrected chi connectivity index (χ4v) is 0.0745. The highest BCUT2D eigenvalue weighted by Gasteiger charge is 1.87. The van der Waals surface area contributed by atoms with E-state index in [0.29, 0.717) is 0 Å². The summed E-state index contributed by atoms with van der Waals surface area (Å²) < 4.78 is 0. The molecule has 0 saturated carbocycles. The third kappa shape index (κ3) is 1.93. The Balaban J connectivity index is 2.96. The van der Waals surface area contributed by atoms with Gasteiger partial charge in [-0.15, -0.1) is 6.58 Å². The van der Waals surface area contributed by atoms with Gasteiger partial charge in [0.2, 0.25) is 0 Å². The molecule has 1 atom stereocenters. The first-order valence-corrected chi connectivity index (χ1v) is 1.72. The molecule has 0 aliphatic carbocycles. The SMILES string of the molecule is C=C[C@@H](O)CO. The second-order valence-corrected chi connectivity index (χ2v) is 0.986. The molecule has 0 fully saturated rings. The van der Waals surface area contributed by atoms with Crippen LogP contribution in [-0.2, 0) is 0 Å². The monoisotopic (exact) mass is 88.1 g/mol. The van der Waals surface area contributed by atoms with Crippen molar-refractivity contribution < 1.29 is 10.2 Å². The van der Waals surface area contributed by atoms with E-state index in [1.807, 2.05) is 0 Å². The van der Waals surface area contributed by atoms with Crippen LogP contribution >= 0.6 is 0 Å². The van der Waals surface area contributed by atoms with Crippen molar-refractivity contribution in [2.24, 2.45) is 0 Å². The predicted molar refractivity (Wildman–Crippen MR) is 23.3 cm³/mol. The minimum absolute atomic E-state index is 0.233. The minimum Gasteiger partial charge on any atom is -0.393 e. The molecule has 2 heteroatoms. The number of hydrogen-bond acceptors (Lipinski definition) is 2. The van der Waals surface area contributed by atoms with Gasteiger partial charge in [0.15, 0.2) is 0 Å². The standard InChI is InChI=1S/C4H8O2/c1-2-4(6)3-5/h2,4-6H,1,3H2/t4-/m1/s1. The highest BCUT2D eigenvalue weighted by molar-refractivity contribution is 4.75. The molecule has 0 heterocycles. The van der Waals surface area contributed by atoms with E-state index in [-0.39, 0.29) is 6.61 Å². The highest BCUT2D eigenvalue weighted by atomic mass is 16.3. The largest absolute Gasteiger partial charge is 0.393 e. The van der Waals surface area contributed by atoms with Gasteiger partial charge in [0, 0.05) is 0 Å². The molecule has 0 rings (SSSR count). The molecule has 0 aromatic rings. The van der Waals surface area contributed by atoms with Gasteiger partial charge in [-0.05, 0) is 0 Å². The van der Waals surface area contributed by atoms with Crippen LogP contribution in [0.5, 0.6) is 0 Å². The van der Waals surface area contributed by atoms with Gasteiger partial charge < -0.3 is 10.2 Å². The summed E-state index contributed by atoms with van der Waals surface area (Å²) in [7, 11) is 0. The average Bonchev–Trinajstić information content (AvgIpc) is 1.65. The van der Waals surface area contributed by atoms with Gasteiger partial charge in [0.1, 0.15) is 0 Å². The van der Waals surface area contributed by atoms with Gasteiger partial charge in [-0.3, -0.25) is 0 Å². The van der Waals surface area contributed by atoms with Crippen LogP contribution in [0.2, 0.25) is 0 Å². The van der Waals surface area contributed by atoms with Crippen LogP contribution in [0.4, 0.5) is 0 Å². The van der Waals surface area contributed by atoms with Gasteiger partial charge in [-0.2, -0.15) is 0 Å². The summed E-state index contributed by atoms with van der Waals surface area (Å²) in [6, 6.07) is 0. The molecule has 0 aromatic heterocycles. The molecule has 0 aliphatic heterocycles. The summed E-state index contributed by atoms with van der Waals surface area (Å²) >= 11 is 0. The molecule has 0 bridgehead atoms. The van der Waals surface area contributed by atoms with Crippen molar-refractivity contribution in [2.75, 3.05) is 6.61 Å². The van der Waals surface area contributed by atoms with Crippen molar-refractivity contribution in [3.63, 3.8) is 0 Å². The predicted octanol–water partition coefficient (Wildman–Crippen LogP) is -0.474. The Hall–Kier alpha value is -0.340. The molecule has 0 spiro atoms. The lowest BCUT2D eigenvalue weighted by atomic mass is 10.4. The van der Waals surface area contributed by atoms with Gasteiger partial charge >= 0.3 is 0 Å². The lowest BCUT2D eigenvalue weighted by Crippen LogP contribution is -2.05. The van der Waals surface area contributed by atoms with Crippen LogP contribution in [0.3, 0.4) is 0 Å². The fraction of sp³-hybridized carbons (Fsp3) is 0.500. The zero-order valence-electron chi connectivity index (χ0n) is 3.46. The van der Waals surface area contributed by atoms with E-state index in [9.17, 15) is 0 Å². The Labute approximate surface area is 36.7 Å². The summed E-state index contributed by atoms with van der Waals surface area (Å²) in [5.74, 6) is 0. The maximum atomic E-state index is 8.30. The van der Waals surface area contributed by atoms with Crippen molar-refractivity contribution >= 4 is 0 Å². The molecule has 0 unspecified atom stereocenters. The van der Waals surface area contributed by atoms with Crippen LogP contribution in [0.25, 0.3) is 0 Å². The summed E-state index contributed by atoms with van der Waals surface area (Å²) in [4.78, 5) is 0. The van der Waals surface area contributed by atoms with Crippen molar-refractivity contribution in [2.45, 2.75) is 6.10 Å². The van der Waals surface area contributed by atoms with Gasteiger partial charge in [0.05, 0.1) is 12.7 Å². The lowest BCUT2D eigenvalue weighted by molar-refractivity contribution is 0.131. The Bertz CT molecular complexity index is 42.8. The molecule has 6 heavy (non-hydrogen) atoms. The topological polar surface area (TPSA) is 40.5 Å².